The maximum Gasteiger partial charge on any atom is 0.466 e. The Kier molecular flexibility index (Phi) is 3.14. The Morgan fingerprint density at radius 1 is 1.44 bits per heavy atom. The molecule has 2 heterocycles. The summed E-state index contributed by atoms with van der Waals surface area (Å²) in [6.07, 6.45) is 0.791. The van der Waals surface area contributed by atoms with Crippen molar-refractivity contribution in [3.63, 3.8) is 0 Å². The standard InChI is InChI=1S/C7H12N4O6S/c8-6(12)5-2-1-4-3-10(5)7(13)11(4)17-18(14,15)16-9/h4-5H,1-3H2,9H3,(H-,8,12)/p+1. The zero-order valence-corrected chi connectivity index (χ0v) is 10.1. The van der Waals surface area contributed by atoms with Gasteiger partial charge in [-0.2, -0.15) is 19.4 Å². The molecule has 2 atom stereocenters. The molecule has 2 fully saturated rings. The van der Waals surface area contributed by atoms with Crippen LogP contribution >= 0.6 is 0 Å². The molecule has 2 aliphatic heterocycles. The Balaban J connectivity index is 2.18. The number of nitrogens with two attached hydrogens (primary N) is 1. The molecule has 0 aromatic rings. The molecule has 0 spiro atoms. The number of quaternary nitrogens is 1. The number of nitrogens with zero attached hydrogens (tertiary/aromatic N) is 2. The van der Waals surface area contributed by atoms with E-state index in [0.717, 1.165) is 0 Å². The highest BCUT2D eigenvalue weighted by molar-refractivity contribution is 7.81. The lowest BCUT2D eigenvalue weighted by molar-refractivity contribution is -0.638. The maximum absolute atomic E-state index is 11.9. The van der Waals surface area contributed by atoms with Crippen molar-refractivity contribution in [1.29, 1.82) is 0 Å². The van der Waals surface area contributed by atoms with E-state index >= 15 is 0 Å². The molecule has 0 aromatic heterocycles. The number of amides is 3. The fourth-order valence-corrected chi connectivity index (χ4v) is 2.57. The van der Waals surface area contributed by atoms with E-state index in [0.29, 0.717) is 17.9 Å². The largest absolute Gasteiger partial charge is 0.466 e. The predicted molar refractivity (Wildman–Crippen MR) is 53.9 cm³/mol. The van der Waals surface area contributed by atoms with Gasteiger partial charge in [-0.15, -0.1) is 4.28 Å². The van der Waals surface area contributed by atoms with Gasteiger partial charge in [0.1, 0.15) is 6.04 Å². The van der Waals surface area contributed by atoms with Crippen molar-refractivity contribution < 1.29 is 32.5 Å². The number of carbonyl (C=O) groups excluding carboxylic acids is 2. The summed E-state index contributed by atoms with van der Waals surface area (Å²) in [7, 11) is -4.36. The van der Waals surface area contributed by atoms with Gasteiger partial charge in [-0.1, -0.05) is 4.28 Å². The van der Waals surface area contributed by atoms with E-state index in [2.05, 4.69) is 14.5 Å². The lowest BCUT2D eigenvalue weighted by Crippen LogP contribution is -2.53. The summed E-state index contributed by atoms with van der Waals surface area (Å²) in [6, 6.07) is -1.90. The summed E-state index contributed by atoms with van der Waals surface area (Å²) in [5.74, 6) is 2.09. The van der Waals surface area contributed by atoms with E-state index in [1.54, 1.807) is 0 Å². The molecular weight excluding hydrogens is 268 g/mol. The molecule has 0 saturated carbocycles. The second kappa shape index (κ2) is 4.35. The van der Waals surface area contributed by atoms with Gasteiger partial charge in [0.25, 0.3) is 0 Å². The molecule has 0 radical (unpaired) electrons. The van der Waals surface area contributed by atoms with Crippen LogP contribution in [-0.4, -0.2) is 48.9 Å². The van der Waals surface area contributed by atoms with Crippen LogP contribution in [0.5, 0.6) is 0 Å². The molecule has 0 aromatic carbocycles. The Morgan fingerprint density at radius 3 is 2.67 bits per heavy atom. The molecule has 5 N–H and O–H groups in total. The number of rotatable bonds is 4. The van der Waals surface area contributed by atoms with E-state index in [1.807, 2.05) is 0 Å². The highest BCUT2D eigenvalue weighted by atomic mass is 32.3. The average molecular weight is 281 g/mol. The SMILES string of the molecule is NC(=O)C1CCC2CN1C(=O)N2OS(=O)(=O)O[NH3+]. The smallest absolute Gasteiger partial charge is 0.368 e. The van der Waals surface area contributed by atoms with Gasteiger partial charge >= 0.3 is 16.4 Å². The Bertz CT molecular complexity index is 478. The van der Waals surface area contributed by atoms with Crippen molar-refractivity contribution >= 4 is 22.3 Å². The highest BCUT2D eigenvalue weighted by Gasteiger charge is 2.49. The van der Waals surface area contributed by atoms with E-state index < -0.39 is 34.4 Å². The molecule has 11 heteroatoms. The summed E-state index contributed by atoms with van der Waals surface area (Å²) < 4.78 is 30.5. The quantitative estimate of drug-likeness (QED) is 0.528. The van der Waals surface area contributed by atoms with Gasteiger partial charge < -0.3 is 10.6 Å². The fraction of sp³-hybridized carbons (Fsp3) is 0.714. The van der Waals surface area contributed by atoms with Crippen LogP contribution in [0.2, 0.25) is 0 Å². The van der Waals surface area contributed by atoms with Gasteiger partial charge in [-0.05, 0) is 12.8 Å². The minimum absolute atomic E-state index is 0.194. The first kappa shape index (κ1) is 13.0. The van der Waals surface area contributed by atoms with Gasteiger partial charge in [0, 0.05) is 6.54 Å². The second-order valence-electron chi connectivity index (χ2n) is 4.01. The first-order valence-corrected chi connectivity index (χ1v) is 6.46. The number of hydroxylamine groups is 2. The van der Waals surface area contributed by atoms with Crippen LogP contribution in [0, 0.1) is 0 Å². The Hall–Kier alpha value is -1.43. The molecule has 2 bridgehead atoms. The Morgan fingerprint density at radius 2 is 2.11 bits per heavy atom. The van der Waals surface area contributed by atoms with Crippen LogP contribution < -0.4 is 11.6 Å². The third kappa shape index (κ3) is 2.12. The van der Waals surface area contributed by atoms with Gasteiger partial charge in [0.15, 0.2) is 0 Å². The molecule has 10 nitrogen and oxygen atoms in total. The van der Waals surface area contributed by atoms with E-state index in [4.69, 9.17) is 5.73 Å². The number of piperidine rings is 1. The number of fused-ring (bicyclic) bond motifs is 2. The summed E-state index contributed by atoms with van der Waals surface area (Å²) in [6.45, 7) is 0.194. The van der Waals surface area contributed by atoms with E-state index in [1.165, 1.54) is 4.90 Å². The summed E-state index contributed by atoms with van der Waals surface area (Å²) in [5.41, 5.74) is 5.17. The van der Waals surface area contributed by atoms with Crippen LogP contribution in [0.15, 0.2) is 0 Å². The molecule has 2 aliphatic rings. The van der Waals surface area contributed by atoms with Crippen molar-refractivity contribution in [3.8, 4) is 0 Å². The van der Waals surface area contributed by atoms with Gasteiger partial charge in [-0.25, -0.2) is 4.79 Å². The zero-order valence-electron chi connectivity index (χ0n) is 9.31. The summed E-state index contributed by atoms with van der Waals surface area (Å²) >= 11 is 0. The number of carbonyl (C=O) groups is 2. The number of hydrogen-bond donors (Lipinski definition) is 2. The number of hydrogen-bond acceptors (Lipinski definition) is 6. The molecule has 2 unspecified atom stereocenters. The average Bonchev–Trinajstić information content (AvgIpc) is 2.54. The molecule has 18 heavy (non-hydrogen) atoms. The van der Waals surface area contributed by atoms with Crippen LogP contribution in [0.4, 0.5) is 4.79 Å². The van der Waals surface area contributed by atoms with Crippen molar-refractivity contribution in [2.75, 3.05) is 6.54 Å². The fourth-order valence-electron chi connectivity index (χ4n) is 2.15. The van der Waals surface area contributed by atoms with Gasteiger partial charge in [-0.3, -0.25) is 4.79 Å². The highest BCUT2D eigenvalue weighted by Crippen LogP contribution is 2.30. The molecule has 3 amide bonds. The lowest BCUT2D eigenvalue weighted by Gasteiger charge is -2.27. The van der Waals surface area contributed by atoms with Crippen LogP contribution in [-0.2, 0) is 23.8 Å². The normalized spacial score (nSPS) is 27.7. The van der Waals surface area contributed by atoms with Crippen LogP contribution in [0.25, 0.3) is 0 Å². The third-order valence-corrected chi connectivity index (χ3v) is 3.60. The van der Waals surface area contributed by atoms with Crippen molar-refractivity contribution in [2.24, 2.45) is 5.73 Å². The first-order chi connectivity index (χ1) is 8.35. The van der Waals surface area contributed by atoms with Crippen molar-refractivity contribution in [1.82, 2.24) is 9.96 Å². The lowest BCUT2D eigenvalue weighted by atomic mass is 10.0. The number of urea groups is 1. The Labute approximate surface area is 103 Å². The number of primary amides is 1. The van der Waals surface area contributed by atoms with Crippen LogP contribution in [0.3, 0.4) is 0 Å². The molecular formula is C7H13N4O6S+. The topological polar surface area (TPSA) is 147 Å². The van der Waals surface area contributed by atoms with E-state index in [-0.39, 0.29) is 6.54 Å². The molecule has 102 valence electrons. The minimum atomic E-state index is -4.36. The minimum Gasteiger partial charge on any atom is -0.368 e. The maximum atomic E-state index is 11.9. The van der Waals surface area contributed by atoms with E-state index in [9.17, 15) is 18.0 Å². The monoisotopic (exact) mass is 281 g/mol. The first-order valence-electron chi connectivity index (χ1n) is 5.13. The third-order valence-electron chi connectivity index (χ3n) is 2.97. The predicted octanol–water partition coefficient (Wildman–Crippen LogP) is -2.91. The molecule has 0 aliphatic carbocycles. The van der Waals surface area contributed by atoms with Crippen LogP contribution in [0.1, 0.15) is 12.8 Å². The van der Waals surface area contributed by atoms with Crippen molar-refractivity contribution in [2.45, 2.75) is 24.9 Å². The second-order valence-corrected chi connectivity index (χ2v) is 5.21. The summed E-state index contributed by atoms with van der Waals surface area (Å²) in [4.78, 5) is 24.2. The molecule has 2 saturated heterocycles. The molecule has 2 rings (SSSR count). The zero-order chi connectivity index (χ0) is 13.5. The van der Waals surface area contributed by atoms with Crippen molar-refractivity contribution in [3.05, 3.63) is 0 Å². The van der Waals surface area contributed by atoms with Gasteiger partial charge in [0.2, 0.25) is 5.91 Å². The summed E-state index contributed by atoms with van der Waals surface area (Å²) in [5, 5.41) is 0.684. The van der Waals surface area contributed by atoms with Gasteiger partial charge in [0.05, 0.1) is 6.04 Å².